The van der Waals surface area contributed by atoms with Crippen LogP contribution in [0.3, 0.4) is 0 Å². The third-order valence-corrected chi connectivity index (χ3v) is 8.74. The van der Waals surface area contributed by atoms with Crippen LogP contribution in [0.15, 0.2) is 91.1 Å². The molecule has 242 valence electrons. The van der Waals surface area contributed by atoms with Crippen molar-refractivity contribution >= 4 is 61.9 Å². The number of anilines is 2. The zero-order valence-corrected chi connectivity index (χ0v) is 26.6. The standard InChI is InChI=1S/C35H26FN9O3S/c1-18(46)41-22-5-2-4-20(14-22)26-11-12-27-33(42-26)45(32(43-27)24-6-3-13-39-30(24)37)23-9-7-19(8-10-23)17-40-34(48)25-15-21(36)16-28-29(25)49-35(44-28)31(38)47/h2-16H,17H2,1H3,(H2,37,39)(H2,38,47)(H,40,48)(H,41,46). The molecule has 0 bridgehead atoms. The van der Waals surface area contributed by atoms with Gasteiger partial charge in [-0.3, -0.25) is 19.0 Å². The maximum atomic E-state index is 14.3. The normalized spacial score (nSPS) is 11.1. The zero-order valence-electron chi connectivity index (χ0n) is 25.8. The van der Waals surface area contributed by atoms with Gasteiger partial charge < -0.3 is 22.1 Å². The zero-order chi connectivity index (χ0) is 34.2. The lowest BCUT2D eigenvalue weighted by atomic mass is 10.1. The number of rotatable bonds is 8. The summed E-state index contributed by atoms with van der Waals surface area (Å²) < 4.78 is 16.6. The molecule has 14 heteroatoms. The fourth-order valence-electron chi connectivity index (χ4n) is 5.42. The van der Waals surface area contributed by atoms with E-state index in [0.717, 1.165) is 40.3 Å². The van der Waals surface area contributed by atoms with Crippen molar-refractivity contribution in [3.05, 3.63) is 113 Å². The molecule has 0 fully saturated rings. The number of nitrogens with one attached hydrogen (secondary N) is 2. The second kappa shape index (κ2) is 12.6. The Morgan fingerprint density at radius 2 is 1.73 bits per heavy atom. The molecule has 4 aromatic heterocycles. The minimum atomic E-state index is -0.754. The maximum Gasteiger partial charge on any atom is 0.277 e. The number of halogens is 1. The summed E-state index contributed by atoms with van der Waals surface area (Å²) >= 11 is 0.937. The van der Waals surface area contributed by atoms with Gasteiger partial charge in [-0.05, 0) is 60.2 Å². The third-order valence-electron chi connectivity index (χ3n) is 7.62. The van der Waals surface area contributed by atoms with Crippen LogP contribution in [0.1, 0.15) is 32.6 Å². The number of hydrogen-bond donors (Lipinski definition) is 4. The monoisotopic (exact) mass is 671 g/mol. The predicted molar refractivity (Wildman–Crippen MR) is 186 cm³/mol. The minimum absolute atomic E-state index is 0.00945. The SMILES string of the molecule is CC(=O)Nc1cccc(-c2ccc3nc(-c4cccnc4N)n(-c4ccc(CNC(=O)c5cc(F)cc6nc(C(N)=O)sc56)cc4)c3n2)c1. The number of imidazole rings is 1. The molecule has 0 unspecified atom stereocenters. The Morgan fingerprint density at radius 1 is 0.918 bits per heavy atom. The molecule has 4 heterocycles. The first kappa shape index (κ1) is 31.1. The van der Waals surface area contributed by atoms with Crippen molar-refractivity contribution in [2.75, 3.05) is 11.1 Å². The molecular formula is C35H26FN9O3S. The highest BCUT2D eigenvalue weighted by Gasteiger charge is 2.20. The summed E-state index contributed by atoms with van der Waals surface area (Å²) in [5.41, 5.74) is 17.3. The number of benzene rings is 3. The van der Waals surface area contributed by atoms with Gasteiger partial charge in [0.1, 0.15) is 17.2 Å². The van der Waals surface area contributed by atoms with E-state index < -0.39 is 17.6 Å². The molecule has 0 saturated carbocycles. The number of carbonyl (C=O) groups is 3. The van der Waals surface area contributed by atoms with E-state index in [9.17, 15) is 18.8 Å². The fourth-order valence-corrected chi connectivity index (χ4v) is 6.33. The summed E-state index contributed by atoms with van der Waals surface area (Å²) in [5.74, 6) is -1.27. The summed E-state index contributed by atoms with van der Waals surface area (Å²) in [6.45, 7) is 1.59. The van der Waals surface area contributed by atoms with Crippen molar-refractivity contribution < 1.29 is 18.8 Å². The number of primary amides is 1. The van der Waals surface area contributed by atoms with Gasteiger partial charge in [-0.2, -0.15) is 0 Å². The molecule has 6 N–H and O–H groups in total. The molecule has 7 aromatic rings. The molecule has 0 atom stereocenters. The van der Waals surface area contributed by atoms with E-state index in [2.05, 4.69) is 20.6 Å². The number of carbonyl (C=O) groups excluding carboxylic acids is 3. The van der Waals surface area contributed by atoms with Gasteiger partial charge in [0.15, 0.2) is 16.5 Å². The smallest absolute Gasteiger partial charge is 0.277 e. The van der Waals surface area contributed by atoms with Gasteiger partial charge in [-0.25, -0.2) is 24.3 Å². The third kappa shape index (κ3) is 6.15. The van der Waals surface area contributed by atoms with Crippen LogP contribution in [0.25, 0.3) is 49.7 Å². The second-order valence-corrected chi connectivity index (χ2v) is 12.0. The van der Waals surface area contributed by atoms with E-state index in [1.165, 1.54) is 6.92 Å². The highest BCUT2D eigenvalue weighted by molar-refractivity contribution is 7.20. The van der Waals surface area contributed by atoms with Gasteiger partial charge in [0.05, 0.1) is 27.0 Å². The summed E-state index contributed by atoms with van der Waals surface area (Å²) in [6, 6.07) is 24.4. The lowest BCUT2D eigenvalue weighted by Crippen LogP contribution is -2.23. The summed E-state index contributed by atoms with van der Waals surface area (Å²) in [6.07, 6.45) is 1.60. The van der Waals surface area contributed by atoms with E-state index in [4.69, 9.17) is 21.4 Å². The van der Waals surface area contributed by atoms with Gasteiger partial charge in [0, 0.05) is 42.7 Å². The summed E-state index contributed by atoms with van der Waals surface area (Å²) in [4.78, 5) is 54.6. The maximum absolute atomic E-state index is 14.3. The molecular weight excluding hydrogens is 646 g/mol. The fraction of sp³-hybridized carbons (Fsp3) is 0.0571. The number of nitrogen functional groups attached to an aromatic ring is 1. The molecule has 0 radical (unpaired) electrons. The first-order chi connectivity index (χ1) is 23.6. The van der Waals surface area contributed by atoms with Crippen molar-refractivity contribution in [3.8, 4) is 28.3 Å². The molecule has 49 heavy (non-hydrogen) atoms. The van der Waals surface area contributed by atoms with Crippen LogP contribution in [0, 0.1) is 5.82 Å². The van der Waals surface area contributed by atoms with E-state index >= 15 is 0 Å². The van der Waals surface area contributed by atoms with Gasteiger partial charge in [0.2, 0.25) is 5.91 Å². The number of thiazole rings is 1. The van der Waals surface area contributed by atoms with Crippen LogP contribution < -0.4 is 22.1 Å². The number of pyridine rings is 2. The van der Waals surface area contributed by atoms with Crippen molar-refractivity contribution in [2.24, 2.45) is 5.73 Å². The van der Waals surface area contributed by atoms with Gasteiger partial charge in [-0.15, -0.1) is 11.3 Å². The summed E-state index contributed by atoms with van der Waals surface area (Å²) in [5, 5.41) is 5.61. The van der Waals surface area contributed by atoms with E-state index in [1.54, 1.807) is 18.3 Å². The van der Waals surface area contributed by atoms with E-state index in [1.807, 2.05) is 65.2 Å². The molecule has 3 aromatic carbocycles. The highest BCUT2D eigenvalue weighted by atomic mass is 32.1. The highest BCUT2D eigenvalue weighted by Crippen LogP contribution is 2.32. The molecule has 0 spiro atoms. The Morgan fingerprint density at radius 3 is 2.49 bits per heavy atom. The number of fused-ring (bicyclic) bond motifs is 2. The lowest BCUT2D eigenvalue weighted by molar-refractivity contribution is -0.114. The predicted octanol–water partition coefficient (Wildman–Crippen LogP) is 5.47. The van der Waals surface area contributed by atoms with Crippen LogP contribution in [0.5, 0.6) is 0 Å². The first-order valence-corrected chi connectivity index (χ1v) is 15.7. The van der Waals surface area contributed by atoms with Crippen LogP contribution >= 0.6 is 11.3 Å². The molecule has 0 aliphatic rings. The quantitative estimate of drug-likeness (QED) is 0.164. The molecule has 0 saturated heterocycles. The van der Waals surface area contributed by atoms with Crippen molar-refractivity contribution in [2.45, 2.75) is 13.5 Å². The molecule has 12 nitrogen and oxygen atoms in total. The van der Waals surface area contributed by atoms with Crippen LogP contribution in [-0.4, -0.2) is 42.2 Å². The molecule has 0 aliphatic heterocycles. The number of amides is 3. The Hall–Kier alpha value is -6.54. The Balaban J connectivity index is 1.22. The number of hydrogen-bond acceptors (Lipinski definition) is 9. The van der Waals surface area contributed by atoms with Crippen LogP contribution in [0.4, 0.5) is 15.9 Å². The average Bonchev–Trinajstić information content (AvgIpc) is 3.69. The lowest BCUT2D eigenvalue weighted by Gasteiger charge is -2.12. The van der Waals surface area contributed by atoms with Crippen molar-refractivity contribution in [1.29, 1.82) is 0 Å². The van der Waals surface area contributed by atoms with E-state index in [-0.39, 0.29) is 28.5 Å². The van der Waals surface area contributed by atoms with Crippen molar-refractivity contribution in [3.63, 3.8) is 0 Å². The van der Waals surface area contributed by atoms with Gasteiger partial charge >= 0.3 is 0 Å². The van der Waals surface area contributed by atoms with Crippen LogP contribution in [-0.2, 0) is 11.3 Å². The Kier molecular flexibility index (Phi) is 7.98. The Labute approximate surface area is 281 Å². The molecule has 3 amide bonds. The second-order valence-electron chi connectivity index (χ2n) is 11.0. The Bertz CT molecular complexity index is 2440. The minimum Gasteiger partial charge on any atom is -0.383 e. The number of nitrogens with two attached hydrogens (primary N) is 2. The van der Waals surface area contributed by atoms with Crippen molar-refractivity contribution in [1.82, 2.24) is 29.8 Å². The number of aromatic nitrogens is 5. The summed E-state index contributed by atoms with van der Waals surface area (Å²) in [7, 11) is 0. The van der Waals surface area contributed by atoms with Crippen LogP contribution in [0.2, 0.25) is 0 Å². The molecule has 7 rings (SSSR count). The molecule has 0 aliphatic carbocycles. The van der Waals surface area contributed by atoms with Gasteiger partial charge in [-0.1, -0.05) is 24.3 Å². The first-order valence-electron chi connectivity index (χ1n) is 14.9. The number of nitrogens with zero attached hydrogens (tertiary/aromatic N) is 5. The topological polar surface area (TPSA) is 184 Å². The van der Waals surface area contributed by atoms with Gasteiger partial charge in [0.25, 0.3) is 11.8 Å². The van der Waals surface area contributed by atoms with E-state index in [0.29, 0.717) is 44.5 Å². The largest absolute Gasteiger partial charge is 0.383 e. The average molecular weight is 672 g/mol.